The van der Waals surface area contributed by atoms with Gasteiger partial charge in [-0.05, 0) is 39.8 Å². The largest absolute Gasteiger partial charge is 0.354 e. The van der Waals surface area contributed by atoms with Crippen LogP contribution in [-0.4, -0.2) is 49.6 Å². The van der Waals surface area contributed by atoms with Gasteiger partial charge in [-0.2, -0.15) is 0 Å². The van der Waals surface area contributed by atoms with E-state index >= 15 is 0 Å². The van der Waals surface area contributed by atoms with Crippen LogP contribution in [0.2, 0.25) is 0 Å². The highest BCUT2D eigenvalue weighted by atomic mass is 16.1. The fraction of sp³-hybridized carbons (Fsp3) is 0.923. The van der Waals surface area contributed by atoms with Crippen LogP contribution in [0.15, 0.2) is 0 Å². The lowest BCUT2D eigenvalue weighted by Gasteiger charge is -2.30. The molecule has 0 aromatic rings. The zero-order valence-corrected chi connectivity index (χ0v) is 11.5. The predicted molar refractivity (Wildman–Crippen MR) is 71.0 cm³/mol. The molecule has 0 aromatic heterocycles. The van der Waals surface area contributed by atoms with Gasteiger partial charge in [-0.25, -0.2) is 0 Å². The number of nitrogens with zero attached hydrogens (tertiary/aromatic N) is 1. The number of nitrogens with one attached hydrogen (secondary N) is 2. The van der Waals surface area contributed by atoms with Gasteiger partial charge >= 0.3 is 0 Å². The van der Waals surface area contributed by atoms with E-state index in [1.165, 1.54) is 19.4 Å². The number of likely N-dealkylation sites (N-methyl/N-ethyl adjacent to an activating group) is 1. The Balaban J connectivity index is 2.08. The zero-order valence-electron chi connectivity index (χ0n) is 11.5. The van der Waals surface area contributed by atoms with Crippen molar-refractivity contribution in [1.29, 1.82) is 0 Å². The number of hydrogen-bond acceptors (Lipinski definition) is 3. The van der Waals surface area contributed by atoms with Crippen LogP contribution in [0.5, 0.6) is 0 Å². The molecule has 0 radical (unpaired) electrons. The molecule has 1 aliphatic rings. The lowest BCUT2D eigenvalue weighted by atomic mass is 10.1. The van der Waals surface area contributed by atoms with Gasteiger partial charge < -0.3 is 15.5 Å². The Morgan fingerprint density at radius 3 is 2.94 bits per heavy atom. The van der Waals surface area contributed by atoms with E-state index < -0.39 is 0 Å². The highest BCUT2D eigenvalue weighted by molar-refractivity contribution is 5.76. The fourth-order valence-electron chi connectivity index (χ4n) is 2.17. The number of likely N-dealkylation sites (tertiary alicyclic amines) is 1. The lowest BCUT2D eigenvalue weighted by Crippen LogP contribution is -2.45. The molecule has 1 fully saturated rings. The molecule has 0 aliphatic carbocycles. The Bertz CT molecular complexity index is 233. The first-order valence-corrected chi connectivity index (χ1v) is 6.83. The maximum atomic E-state index is 11.6. The van der Waals surface area contributed by atoms with Gasteiger partial charge in [0.15, 0.2) is 0 Å². The minimum Gasteiger partial charge on any atom is -0.354 e. The second-order valence-corrected chi connectivity index (χ2v) is 5.18. The number of rotatable bonds is 6. The summed E-state index contributed by atoms with van der Waals surface area (Å²) in [5.74, 6) is 0.163. The van der Waals surface area contributed by atoms with E-state index in [1.807, 2.05) is 6.92 Å². The third-order valence-electron chi connectivity index (χ3n) is 3.43. The summed E-state index contributed by atoms with van der Waals surface area (Å²) in [5, 5.41) is 6.46. The summed E-state index contributed by atoms with van der Waals surface area (Å²) in [6, 6.07) is 0.855. The quantitative estimate of drug-likeness (QED) is 0.728. The van der Waals surface area contributed by atoms with E-state index in [-0.39, 0.29) is 5.91 Å². The Labute approximate surface area is 105 Å². The van der Waals surface area contributed by atoms with E-state index in [2.05, 4.69) is 29.5 Å². The number of carbonyl (C=O) groups is 1. The van der Waals surface area contributed by atoms with Gasteiger partial charge in [0.05, 0.1) is 0 Å². The number of carbonyl (C=O) groups excluding carboxylic acids is 1. The van der Waals surface area contributed by atoms with Gasteiger partial charge in [-0.15, -0.1) is 0 Å². The molecule has 1 amide bonds. The van der Waals surface area contributed by atoms with Crippen LogP contribution in [0.1, 0.15) is 39.5 Å². The predicted octanol–water partition coefficient (Wildman–Crippen LogP) is 0.975. The Kier molecular flexibility index (Phi) is 6.52. The average molecular weight is 241 g/mol. The van der Waals surface area contributed by atoms with Gasteiger partial charge in [-0.1, -0.05) is 6.92 Å². The summed E-state index contributed by atoms with van der Waals surface area (Å²) in [7, 11) is 2.16. The molecule has 1 heterocycles. The van der Waals surface area contributed by atoms with Crippen molar-refractivity contribution in [2.24, 2.45) is 0 Å². The Morgan fingerprint density at radius 1 is 1.53 bits per heavy atom. The van der Waals surface area contributed by atoms with Crippen LogP contribution in [-0.2, 0) is 4.79 Å². The molecule has 1 aliphatic heterocycles. The van der Waals surface area contributed by atoms with Crippen molar-refractivity contribution in [2.45, 2.75) is 51.6 Å². The monoisotopic (exact) mass is 241 g/mol. The molecule has 1 saturated heterocycles. The first kappa shape index (κ1) is 14.5. The Morgan fingerprint density at radius 2 is 2.29 bits per heavy atom. The molecule has 100 valence electrons. The van der Waals surface area contributed by atoms with Crippen LogP contribution in [0.3, 0.4) is 0 Å². The standard InChI is InChI=1S/C13H27N3O/c1-4-11(2)15-13(17)7-8-14-12-6-5-9-16(3)10-12/h11-12,14H,4-10H2,1-3H3,(H,15,17). The van der Waals surface area contributed by atoms with E-state index in [9.17, 15) is 4.79 Å². The number of amides is 1. The van der Waals surface area contributed by atoms with Crippen molar-refractivity contribution in [3.05, 3.63) is 0 Å². The fourth-order valence-corrected chi connectivity index (χ4v) is 2.17. The minimum atomic E-state index is 0.163. The molecular weight excluding hydrogens is 214 g/mol. The SMILES string of the molecule is CCC(C)NC(=O)CCNC1CCCN(C)C1. The molecule has 0 aromatic carbocycles. The minimum absolute atomic E-state index is 0.163. The number of hydrogen-bond donors (Lipinski definition) is 2. The van der Waals surface area contributed by atoms with E-state index in [0.717, 1.165) is 19.5 Å². The summed E-state index contributed by atoms with van der Waals surface area (Å²) in [4.78, 5) is 13.9. The van der Waals surface area contributed by atoms with Crippen molar-refractivity contribution in [1.82, 2.24) is 15.5 Å². The molecule has 2 atom stereocenters. The molecule has 0 saturated carbocycles. The van der Waals surface area contributed by atoms with Crippen LogP contribution in [0, 0.1) is 0 Å². The summed E-state index contributed by atoms with van der Waals surface area (Å²) in [6.45, 7) is 7.23. The highest BCUT2D eigenvalue weighted by Gasteiger charge is 2.16. The van der Waals surface area contributed by atoms with E-state index in [1.54, 1.807) is 0 Å². The van der Waals surface area contributed by atoms with Crippen LogP contribution in [0.4, 0.5) is 0 Å². The van der Waals surface area contributed by atoms with Crippen LogP contribution >= 0.6 is 0 Å². The van der Waals surface area contributed by atoms with Crippen molar-refractivity contribution in [2.75, 3.05) is 26.7 Å². The molecule has 0 spiro atoms. The number of piperidine rings is 1. The normalized spacial score (nSPS) is 23.4. The van der Waals surface area contributed by atoms with Gasteiger partial charge in [0.1, 0.15) is 0 Å². The molecule has 0 bridgehead atoms. The second-order valence-electron chi connectivity index (χ2n) is 5.18. The van der Waals surface area contributed by atoms with Crippen molar-refractivity contribution < 1.29 is 4.79 Å². The van der Waals surface area contributed by atoms with Gasteiger partial charge in [-0.3, -0.25) is 4.79 Å². The Hall–Kier alpha value is -0.610. The summed E-state index contributed by atoms with van der Waals surface area (Å²) < 4.78 is 0. The average Bonchev–Trinajstić information content (AvgIpc) is 2.29. The third-order valence-corrected chi connectivity index (χ3v) is 3.43. The van der Waals surface area contributed by atoms with Gasteiger partial charge in [0, 0.05) is 31.6 Å². The topological polar surface area (TPSA) is 44.4 Å². The molecule has 1 rings (SSSR count). The van der Waals surface area contributed by atoms with Crippen molar-refractivity contribution >= 4 is 5.91 Å². The van der Waals surface area contributed by atoms with Crippen LogP contribution in [0.25, 0.3) is 0 Å². The maximum absolute atomic E-state index is 11.6. The first-order chi connectivity index (χ1) is 8.11. The molecule has 2 unspecified atom stereocenters. The van der Waals surface area contributed by atoms with E-state index in [0.29, 0.717) is 18.5 Å². The molecule has 2 N–H and O–H groups in total. The van der Waals surface area contributed by atoms with Crippen molar-refractivity contribution in [3.63, 3.8) is 0 Å². The van der Waals surface area contributed by atoms with Gasteiger partial charge in [0.2, 0.25) is 5.91 Å². The van der Waals surface area contributed by atoms with Gasteiger partial charge in [0.25, 0.3) is 0 Å². The first-order valence-electron chi connectivity index (χ1n) is 6.83. The molecule has 4 heteroatoms. The summed E-state index contributed by atoms with van der Waals surface area (Å²) >= 11 is 0. The maximum Gasteiger partial charge on any atom is 0.221 e. The zero-order chi connectivity index (χ0) is 12.7. The summed E-state index contributed by atoms with van der Waals surface area (Å²) in [6.07, 6.45) is 4.07. The van der Waals surface area contributed by atoms with E-state index in [4.69, 9.17) is 0 Å². The lowest BCUT2D eigenvalue weighted by molar-refractivity contribution is -0.121. The molecular formula is C13H27N3O. The molecule has 17 heavy (non-hydrogen) atoms. The molecule has 4 nitrogen and oxygen atoms in total. The highest BCUT2D eigenvalue weighted by Crippen LogP contribution is 2.07. The van der Waals surface area contributed by atoms with Crippen molar-refractivity contribution in [3.8, 4) is 0 Å². The van der Waals surface area contributed by atoms with Crippen LogP contribution < -0.4 is 10.6 Å². The summed E-state index contributed by atoms with van der Waals surface area (Å²) in [5.41, 5.74) is 0. The smallest absolute Gasteiger partial charge is 0.221 e. The third kappa shape index (κ3) is 6.03. The second kappa shape index (κ2) is 7.67.